The van der Waals surface area contributed by atoms with Crippen molar-refractivity contribution in [3.63, 3.8) is 0 Å². The highest BCUT2D eigenvalue weighted by Crippen LogP contribution is 2.35. The monoisotopic (exact) mass is 243 g/mol. The molecule has 2 rings (SSSR count). The smallest absolute Gasteiger partial charge is 0.0503 e. The van der Waals surface area contributed by atoms with Crippen LogP contribution in [0.4, 0.5) is 5.69 Å². The first kappa shape index (κ1) is 9.84. The Morgan fingerprint density at radius 2 is 1.86 bits per heavy atom. The van der Waals surface area contributed by atoms with Crippen LogP contribution in [0.1, 0.15) is 0 Å². The van der Waals surface area contributed by atoms with Crippen LogP contribution in [0.5, 0.6) is 0 Å². The van der Waals surface area contributed by atoms with E-state index in [1.54, 1.807) is 23.5 Å². The van der Waals surface area contributed by atoms with Crippen molar-refractivity contribution >= 4 is 40.2 Å². The van der Waals surface area contributed by atoms with Crippen molar-refractivity contribution in [2.24, 2.45) is 0 Å². The van der Waals surface area contributed by atoms with Crippen molar-refractivity contribution in [1.29, 1.82) is 0 Å². The molecule has 0 bridgehead atoms. The summed E-state index contributed by atoms with van der Waals surface area (Å²) in [7, 11) is 0. The van der Waals surface area contributed by atoms with Gasteiger partial charge in [-0.1, -0.05) is 29.3 Å². The summed E-state index contributed by atoms with van der Waals surface area (Å²) in [5, 5.41) is 5.13. The van der Waals surface area contributed by atoms with Gasteiger partial charge in [0.1, 0.15) is 0 Å². The molecule has 1 heterocycles. The van der Waals surface area contributed by atoms with Crippen molar-refractivity contribution < 1.29 is 0 Å². The van der Waals surface area contributed by atoms with E-state index in [-0.39, 0.29) is 0 Å². The average Bonchev–Trinajstić information content (AvgIpc) is 2.52. The third-order valence-corrected chi connectivity index (χ3v) is 3.22. The van der Waals surface area contributed by atoms with Crippen LogP contribution in [0.3, 0.4) is 0 Å². The summed E-state index contributed by atoms with van der Waals surface area (Å²) >= 11 is 13.4. The van der Waals surface area contributed by atoms with E-state index >= 15 is 0 Å². The standard InChI is InChI=1S/C10H7Cl2NS/c11-6-1-2-7(9(12)3-6)8-4-14-5-10(8)13/h1-5H,13H2. The van der Waals surface area contributed by atoms with Crippen molar-refractivity contribution in [1.82, 2.24) is 0 Å². The average molecular weight is 244 g/mol. The fraction of sp³-hybridized carbons (Fsp3) is 0. The van der Waals surface area contributed by atoms with Crippen molar-refractivity contribution in [3.05, 3.63) is 39.0 Å². The lowest BCUT2D eigenvalue weighted by molar-refractivity contribution is 1.66. The normalized spacial score (nSPS) is 10.4. The van der Waals surface area contributed by atoms with Gasteiger partial charge in [0.2, 0.25) is 0 Å². The van der Waals surface area contributed by atoms with Gasteiger partial charge >= 0.3 is 0 Å². The molecule has 0 aliphatic rings. The van der Waals surface area contributed by atoms with E-state index in [1.807, 2.05) is 16.8 Å². The third-order valence-electron chi connectivity index (χ3n) is 1.91. The lowest BCUT2D eigenvalue weighted by Gasteiger charge is -2.03. The first-order valence-corrected chi connectivity index (χ1v) is 5.65. The number of nitrogen functional groups attached to an aromatic ring is 1. The van der Waals surface area contributed by atoms with Gasteiger partial charge in [-0.05, 0) is 12.1 Å². The maximum absolute atomic E-state index is 6.06. The van der Waals surface area contributed by atoms with Gasteiger partial charge in [-0.25, -0.2) is 0 Å². The number of hydrogen-bond acceptors (Lipinski definition) is 2. The first-order chi connectivity index (χ1) is 6.68. The summed E-state index contributed by atoms with van der Waals surface area (Å²) in [6.45, 7) is 0. The van der Waals surface area contributed by atoms with Gasteiger partial charge < -0.3 is 5.73 Å². The van der Waals surface area contributed by atoms with Crippen LogP contribution in [0.2, 0.25) is 10.0 Å². The molecule has 1 aromatic carbocycles. The lowest BCUT2D eigenvalue weighted by atomic mass is 10.1. The molecule has 72 valence electrons. The minimum absolute atomic E-state index is 0.627. The first-order valence-electron chi connectivity index (χ1n) is 3.95. The molecule has 0 radical (unpaired) electrons. The van der Waals surface area contributed by atoms with E-state index < -0.39 is 0 Å². The molecule has 0 fully saturated rings. The molecule has 0 aliphatic carbocycles. The zero-order valence-electron chi connectivity index (χ0n) is 7.13. The van der Waals surface area contributed by atoms with Crippen molar-refractivity contribution in [2.45, 2.75) is 0 Å². The minimum atomic E-state index is 0.627. The van der Waals surface area contributed by atoms with E-state index in [9.17, 15) is 0 Å². The molecule has 0 aliphatic heterocycles. The third kappa shape index (κ3) is 1.73. The molecule has 2 N–H and O–H groups in total. The predicted octanol–water partition coefficient (Wildman–Crippen LogP) is 4.30. The summed E-state index contributed by atoms with van der Waals surface area (Å²) in [5.41, 5.74) is 8.44. The van der Waals surface area contributed by atoms with Crippen LogP contribution in [-0.2, 0) is 0 Å². The van der Waals surface area contributed by atoms with Gasteiger partial charge in [-0.15, -0.1) is 11.3 Å². The van der Waals surface area contributed by atoms with Gasteiger partial charge in [0.15, 0.2) is 0 Å². The van der Waals surface area contributed by atoms with E-state index in [0.29, 0.717) is 10.0 Å². The molecule has 4 heteroatoms. The fourth-order valence-electron chi connectivity index (χ4n) is 1.23. The number of hydrogen-bond donors (Lipinski definition) is 1. The number of anilines is 1. The summed E-state index contributed by atoms with van der Waals surface area (Å²) in [4.78, 5) is 0. The minimum Gasteiger partial charge on any atom is -0.398 e. The molecule has 0 unspecified atom stereocenters. The number of nitrogens with two attached hydrogens (primary N) is 1. The Kier molecular flexibility index (Phi) is 2.68. The number of rotatable bonds is 1. The second-order valence-electron chi connectivity index (χ2n) is 2.86. The quantitative estimate of drug-likeness (QED) is 0.794. The summed E-state index contributed by atoms with van der Waals surface area (Å²) in [5.74, 6) is 0. The molecule has 14 heavy (non-hydrogen) atoms. The summed E-state index contributed by atoms with van der Waals surface area (Å²) in [6.07, 6.45) is 0. The van der Waals surface area contributed by atoms with E-state index in [2.05, 4.69) is 0 Å². The topological polar surface area (TPSA) is 26.0 Å². The van der Waals surface area contributed by atoms with Crippen LogP contribution in [0, 0.1) is 0 Å². The van der Waals surface area contributed by atoms with Gasteiger partial charge in [0.05, 0.1) is 5.69 Å². The molecule has 0 atom stereocenters. The second kappa shape index (κ2) is 3.81. The van der Waals surface area contributed by atoms with E-state index in [1.165, 1.54) is 0 Å². The van der Waals surface area contributed by atoms with Gasteiger partial charge in [0.25, 0.3) is 0 Å². The second-order valence-corrected chi connectivity index (χ2v) is 4.45. The molecule has 0 saturated heterocycles. The summed E-state index contributed by atoms with van der Waals surface area (Å²) < 4.78 is 0. The predicted molar refractivity (Wildman–Crippen MR) is 64.2 cm³/mol. The lowest BCUT2D eigenvalue weighted by Crippen LogP contribution is -1.85. The zero-order chi connectivity index (χ0) is 10.1. The highest BCUT2D eigenvalue weighted by Gasteiger charge is 2.07. The maximum Gasteiger partial charge on any atom is 0.0503 e. The Labute approximate surface area is 96.1 Å². The molecule has 1 aromatic heterocycles. The Morgan fingerprint density at radius 1 is 1.07 bits per heavy atom. The number of thiophene rings is 1. The Balaban J connectivity index is 2.58. The summed E-state index contributed by atoms with van der Waals surface area (Å²) in [6, 6.07) is 5.40. The molecule has 1 nitrogen and oxygen atoms in total. The molecular formula is C10H7Cl2NS. The molecule has 0 saturated carbocycles. The van der Waals surface area contributed by atoms with Crippen LogP contribution < -0.4 is 5.73 Å². The molecule has 0 amide bonds. The van der Waals surface area contributed by atoms with Gasteiger partial charge in [-0.3, -0.25) is 0 Å². The van der Waals surface area contributed by atoms with E-state index in [4.69, 9.17) is 28.9 Å². The maximum atomic E-state index is 6.06. The molecular weight excluding hydrogens is 237 g/mol. The highest BCUT2D eigenvalue weighted by molar-refractivity contribution is 7.08. The van der Waals surface area contributed by atoms with Crippen LogP contribution in [0.25, 0.3) is 11.1 Å². The van der Waals surface area contributed by atoms with Crippen molar-refractivity contribution in [2.75, 3.05) is 5.73 Å². The van der Waals surface area contributed by atoms with Crippen molar-refractivity contribution in [3.8, 4) is 11.1 Å². The Hall–Kier alpha value is -0.700. The van der Waals surface area contributed by atoms with E-state index in [0.717, 1.165) is 16.8 Å². The van der Waals surface area contributed by atoms with Crippen LogP contribution >= 0.6 is 34.5 Å². The highest BCUT2D eigenvalue weighted by atomic mass is 35.5. The Morgan fingerprint density at radius 3 is 2.43 bits per heavy atom. The van der Waals surface area contributed by atoms with Gasteiger partial charge in [0, 0.05) is 31.9 Å². The number of benzene rings is 1. The van der Waals surface area contributed by atoms with Gasteiger partial charge in [-0.2, -0.15) is 0 Å². The zero-order valence-corrected chi connectivity index (χ0v) is 9.46. The van der Waals surface area contributed by atoms with Crippen LogP contribution in [0.15, 0.2) is 29.0 Å². The SMILES string of the molecule is Nc1cscc1-c1ccc(Cl)cc1Cl. The molecule has 2 aromatic rings. The largest absolute Gasteiger partial charge is 0.398 e. The molecule has 0 spiro atoms. The van der Waals surface area contributed by atoms with Crippen LogP contribution in [-0.4, -0.2) is 0 Å². The fourth-order valence-corrected chi connectivity index (χ4v) is 2.48. The number of halogens is 2. The Bertz CT molecular complexity index is 465.